The van der Waals surface area contributed by atoms with Crippen LogP contribution >= 0.6 is 11.3 Å². The Morgan fingerprint density at radius 1 is 1.00 bits per heavy atom. The SMILES string of the molecule is CCOC(=O)N1CCN(S(=O)(=O)c2ccc(C(=O)N3CCC(Oc4nc5ccc(F)cc5s4)CC3)cc2)CC1. The first-order valence-corrected chi connectivity index (χ1v) is 15.0. The maximum Gasteiger partial charge on any atom is 0.409 e. The first-order chi connectivity index (χ1) is 18.7. The molecule has 3 aromatic rings. The summed E-state index contributed by atoms with van der Waals surface area (Å²) in [6, 6.07) is 10.4. The molecule has 5 rings (SSSR count). The predicted molar refractivity (Wildman–Crippen MR) is 143 cm³/mol. The zero-order chi connectivity index (χ0) is 27.6. The molecule has 208 valence electrons. The van der Waals surface area contributed by atoms with Crippen LogP contribution in [0, 0.1) is 5.82 Å². The number of halogens is 1. The Kier molecular flexibility index (Phi) is 8.01. The third kappa shape index (κ3) is 5.99. The fraction of sp³-hybridized carbons (Fsp3) is 0.423. The van der Waals surface area contributed by atoms with Gasteiger partial charge in [-0.15, -0.1) is 0 Å². The summed E-state index contributed by atoms with van der Waals surface area (Å²) >= 11 is 1.30. The Morgan fingerprint density at radius 2 is 1.69 bits per heavy atom. The van der Waals surface area contributed by atoms with Crippen LogP contribution in [0.15, 0.2) is 47.4 Å². The van der Waals surface area contributed by atoms with Crippen LogP contribution in [0.5, 0.6) is 5.19 Å². The number of rotatable bonds is 6. The first kappa shape index (κ1) is 27.3. The Morgan fingerprint density at radius 3 is 2.36 bits per heavy atom. The van der Waals surface area contributed by atoms with Gasteiger partial charge in [-0.1, -0.05) is 11.3 Å². The monoisotopic (exact) mass is 576 g/mol. The zero-order valence-corrected chi connectivity index (χ0v) is 23.0. The molecule has 2 saturated heterocycles. The van der Waals surface area contributed by atoms with Crippen LogP contribution in [0.4, 0.5) is 9.18 Å². The van der Waals surface area contributed by atoms with E-state index in [1.54, 1.807) is 17.9 Å². The van der Waals surface area contributed by atoms with Crippen molar-refractivity contribution >= 4 is 43.6 Å². The number of thiazole rings is 1. The van der Waals surface area contributed by atoms with Crippen molar-refractivity contribution in [2.45, 2.75) is 30.8 Å². The quantitative estimate of drug-likeness (QED) is 0.441. The van der Waals surface area contributed by atoms with Crippen LogP contribution in [-0.2, 0) is 14.8 Å². The Balaban J connectivity index is 1.14. The predicted octanol–water partition coefficient (Wildman–Crippen LogP) is 3.58. The molecular weight excluding hydrogens is 547 g/mol. The normalized spacial score (nSPS) is 17.4. The lowest BCUT2D eigenvalue weighted by Crippen LogP contribution is -2.50. The minimum Gasteiger partial charge on any atom is -0.467 e. The highest BCUT2D eigenvalue weighted by atomic mass is 32.2. The number of hydrogen-bond donors (Lipinski definition) is 0. The van der Waals surface area contributed by atoms with E-state index in [9.17, 15) is 22.4 Å². The van der Waals surface area contributed by atoms with Crippen LogP contribution in [-0.4, -0.2) is 91.5 Å². The highest BCUT2D eigenvalue weighted by molar-refractivity contribution is 7.89. The van der Waals surface area contributed by atoms with E-state index in [-0.39, 0.29) is 55.5 Å². The van der Waals surface area contributed by atoms with Crippen LogP contribution < -0.4 is 4.74 Å². The van der Waals surface area contributed by atoms with Crippen molar-refractivity contribution in [3.05, 3.63) is 53.8 Å². The van der Waals surface area contributed by atoms with Gasteiger partial charge in [0, 0.05) is 57.7 Å². The van der Waals surface area contributed by atoms with E-state index in [4.69, 9.17) is 9.47 Å². The van der Waals surface area contributed by atoms with Gasteiger partial charge < -0.3 is 19.3 Å². The van der Waals surface area contributed by atoms with E-state index in [0.29, 0.717) is 42.2 Å². The van der Waals surface area contributed by atoms with Crippen molar-refractivity contribution in [2.75, 3.05) is 45.9 Å². The maximum absolute atomic E-state index is 13.4. The number of amides is 2. The van der Waals surface area contributed by atoms with Crippen molar-refractivity contribution < 1.29 is 31.9 Å². The number of benzene rings is 2. The van der Waals surface area contributed by atoms with E-state index in [1.165, 1.54) is 56.9 Å². The molecule has 2 aromatic carbocycles. The van der Waals surface area contributed by atoms with E-state index >= 15 is 0 Å². The smallest absolute Gasteiger partial charge is 0.409 e. The molecule has 2 aliphatic heterocycles. The molecule has 0 aliphatic carbocycles. The average molecular weight is 577 g/mol. The highest BCUT2D eigenvalue weighted by Crippen LogP contribution is 2.30. The molecule has 0 N–H and O–H groups in total. The molecule has 0 atom stereocenters. The van der Waals surface area contributed by atoms with Gasteiger partial charge in [0.15, 0.2) is 0 Å². The second-order valence-corrected chi connectivity index (χ2v) is 12.2. The molecule has 3 heterocycles. The van der Waals surface area contributed by atoms with Gasteiger partial charge in [0.05, 0.1) is 21.7 Å². The molecule has 1 aromatic heterocycles. The van der Waals surface area contributed by atoms with E-state index in [1.807, 2.05) is 0 Å². The lowest BCUT2D eigenvalue weighted by atomic mass is 10.1. The number of piperazine rings is 1. The molecule has 0 radical (unpaired) electrons. The summed E-state index contributed by atoms with van der Waals surface area (Å²) in [5.74, 6) is -0.486. The van der Waals surface area contributed by atoms with Crippen molar-refractivity contribution in [1.29, 1.82) is 0 Å². The molecule has 13 heteroatoms. The molecule has 2 amide bonds. The second kappa shape index (κ2) is 11.4. The largest absolute Gasteiger partial charge is 0.467 e. The summed E-state index contributed by atoms with van der Waals surface area (Å²) in [5, 5.41) is 0.486. The lowest BCUT2D eigenvalue weighted by molar-refractivity contribution is 0.0595. The number of carbonyl (C=O) groups excluding carboxylic acids is 2. The summed E-state index contributed by atoms with van der Waals surface area (Å²) in [5.41, 5.74) is 1.10. The summed E-state index contributed by atoms with van der Waals surface area (Å²) in [6.45, 7) is 3.83. The van der Waals surface area contributed by atoms with Gasteiger partial charge >= 0.3 is 6.09 Å². The fourth-order valence-corrected chi connectivity index (χ4v) is 7.00. The number of hydrogen-bond acceptors (Lipinski definition) is 8. The Labute approximate surface area is 230 Å². The van der Waals surface area contributed by atoms with E-state index in [2.05, 4.69) is 4.98 Å². The molecule has 10 nitrogen and oxygen atoms in total. The molecular formula is C26H29FN4O6S2. The summed E-state index contributed by atoms with van der Waals surface area (Å²) in [4.78, 5) is 32.7. The van der Waals surface area contributed by atoms with Gasteiger partial charge in [-0.05, 0) is 49.4 Å². The summed E-state index contributed by atoms with van der Waals surface area (Å²) in [7, 11) is -3.75. The average Bonchev–Trinajstić information content (AvgIpc) is 3.34. The van der Waals surface area contributed by atoms with Crippen LogP contribution in [0.3, 0.4) is 0 Å². The van der Waals surface area contributed by atoms with Crippen LogP contribution in [0.1, 0.15) is 30.1 Å². The number of sulfonamides is 1. The number of nitrogens with zero attached hydrogens (tertiary/aromatic N) is 4. The van der Waals surface area contributed by atoms with Gasteiger partial charge in [-0.25, -0.2) is 22.6 Å². The molecule has 0 saturated carbocycles. The Hall–Kier alpha value is -3.29. The van der Waals surface area contributed by atoms with Gasteiger partial charge in [0.1, 0.15) is 11.9 Å². The Bertz CT molecular complexity index is 1450. The number of aromatic nitrogens is 1. The number of carbonyl (C=O) groups is 2. The van der Waals surface area contributed by atoms with Crippen LogP contribution in [0.2, 0.25) is 0 Å². The molecule has 0 spiro atoms. The fourth-order valence-electron chi connectivity index (χ4n) is 4.67. The van der Waals surface area contributed by atoms with Gasteiger partial charge in [0.2, 0.25) is 10.0 Å². The van der Waals surface area contributed by atoms with Gasteiger partial charge in [0.25, 0.3) is 11.1 Å². The molecule has 0 bridgehead atoms. The van der Waals surface area contributed by atoms with Gasteiger partial charge in [-0.2, -0.15) is 4.31 Å². The van der Waals surface area contributed by atoms with Crippen LogP contribution in [0.25, 0.3) is 10.2 Å². The first-order valence-electron chi connectivity index (χ1n) is 12.8. The molecule has 2 fully saturated rings. The number of ether oxygens (including phenoxy) is 2. The maximum atomic E-state index is 13.4. The molecule has 0 unspecified atom stereocenters. The number of fused-ring (bicyclic) bond motifs is 1. The minimum absolute atomic E-state index is 0.101. The summed E-state index contributed by atoms with van der Waals surface area (Å²) < 4.78 is 52.7. The highest BCUT2D eigenvalue weighted by Gasteiger charge is 2.31. The standard InChI is InChI=1S/C26H29FN4O6S2/c1-2-36-26(33)30-13-15-31(16-14-30)39(34,35)21-6-3-18(4-7-21)24(32)29-11-9-20(10-12-29)37-25-28-22-8-5-19(27)17-23(22)38-25/h3-8,17,20H,2,9-16H2,1H3. The van der Waals surface area contributed by atoms with Gasteiger partial charge in [-0.3, -0.25) is 4.79 Å². The van der Waals surface area contributed by atoms with Crippen molar-refractivity contribution in [2.24, 2.45) is 0 Å². The second-order valence-electron chi connectivity index (χ2n) is 9.32. The van der Waals surface area contributed by atoms with E-state index in [0.717, 1.165) is 4.70 Å². The number of piperidine rings is 1. The third-order valence-electron chi connectivity index (χ3n) is 6.83. The van der Waals surface area contributed by atoms with E-state index < -0.39 is 16.1 Å². The number of likely N-dealkylation sites (tertiary alicyclic amines) is 1. The third-order valence-corrected chi connectivity index (χ3v) is 9.65. The lowest BCUT2D eigenvalue weighted by Gasteiger charge is -2.33. The molecule has 39 heavy (non-hydrogen) atoms. The summed E-state index contributed by atoms with van der Waals surface area (Å²) in [6.07, 6.45) is 0.707. The van der Waals surface area contributed by atoms with Crippen molar-refractivity contribution in [3.63, 3.8) is 0 Å². The van der Waals surface area contributed by atoms with Crippen molar-refractivity contribution in [3.8, 4) is 5.19 Å². The minimum atomic E-state index is -3.75. The molecule has 2 aliphatic rings. The zero-order valence-electron chi connectivity index (χ0n) is 21.4. The van der Waals surface area contributed by atoms with Crippen molar-refractivity contribution in [1.82, 2.24) is 19.1 Å². The topological polar surface area (TPSA) is 109 Å².